The van der Waals surface area contributed by atoms with Crippen LogP contribution in [0.4, 0.5) is 16.2 Å². The van der Waals surface area contributed by atoms with Crippen LogP contribution in [0.15, 0.2) is 60.7 Å². The van der Waals surface area contributed by atoms with E-state index in [4.69, 9.17) is 0 Å². The van der Waals surface area contributed by atoms with Crippen molar-refractivity contribution in [2.24, 2.45) is 0 Å². The summed E-state index contributed by atoms with van der Waals surface area (Å²) >= 11 is 0. The number of anilines is 2. The molecule has 5 heteroatoms. The highest BCUT2D eigenvalue weighted by atomic mass is 16.2. The van der Waals surface area contributed by atoms with E-state index in [1.165, 1.54) is 0 Å². The predicted molar refractivity (Wildman–Crippen MR) is 102 cm³/mol. The fourth-order valence-corrected chi connectivity index (χ4v) is 2.44. The summed E-state index contributed by atoms with van der Waals surface area (Å²) in [4.78, 5) is 26.2. The molecule has 2 N–H and O–H groups in total. The predicted octanol–water partition coefficient (Wildman–Crippen LogP) is 4.03. The second-order valence-corrected chi connectivity index (χ2v) is 5.73. The van der Waals surface area contributed by atoms with Gasteiger partial charge in [0.1, 0.15) is 0 Å². The maximum atomic E-state index is 12.5. The molecule has 0 saturated carbocycles. The molecule has 0 unspecified atom stereocenters. The molecule has 0 aliphatic rings. The third-order valence-corrected chi connectivity index (χ3v) is 3.76. The van der Waals surface area contributed by atoms with Crippen LogP contribution < -0.4 is 15.5 Å². The molecule has 0 radical (unpaired) electrons. The van der Waals surface area contributed by atoms with Gasteiger partial charge in [-0.3, -0.25) is 4.79 Å². The summed E-state index contributed by atoms with van der Waals surface area (Å²) < 4.78 is 0. The number of hydrogen-bond donors (Lipinski definition) is 2. The smallest absolute Gasteiger partial charge is 0.319 e. The Morgan fingerprint density at radius 1 is 0.960 bits per heavy atom. The van der Waals surface area contributed by atoms with Gasteiger partial charge in [0.15, 0.2) is 0 Å². The molecule has 0 atom stereocenters. The summed E-state index contributed by atoms with van der Waals surface area (Å²) in [5, 5.41) is 5.46. The first-order valence-electron chi connectivity index (χ1n) is 8.66. The molecule has 0 aromatic heterocycles. The van der Waals surface area contributed by atoms with E-state index in [-0.39, 0.29) is 18.4 Å². The maximum Gasteiger partial charge on any atom is 0.319 e. The highest BCUT2D eigenvalue weighted by molar-refractivity contribution is 5.94. The molecule has 5 nitrogen and oxygen atoms in total. The summed E-state index contributed by atoms with van der Waals surface area (Å²) in [5.74, 6) is 0.0136. The Kier molecular flexibility index (Phi) is 7.50. The van der Waals surface area contributed by atoms with Crippen molar-refractivity contribution in [1.82, 2.24) is 5.32 Å². The van der Waals surface area contributed by atoms with Gasteiger partial charge >= 0.3 is 6.03 Å². The van der Waals surface area contributed by atoms with Crippen molar-refractivity contribution < 1.29 is 9.59 Å². The van der Waals surface area contributed by atoms with E-state index in [0.29, 0.717) is 13.1 Å². The second kappa shape index (κ2) is 10.1. The number of para-hydroxylation sites is 2. The molecule has 25 heavy (non-hydrogen) atoms. The second-order valence-electron chi connectivity index (χ2n) is 5.73. The average Bonchev–Trinajstić information content (AvgIpc) is 2.64. The number of carbonyl (C=O) groups excluding carboxylic acids is 2. The van der Waals surface area contributed by atoms with E-state index in [0.717, 1.165) is 24.2 Å². The Bertz CT molecular complexity index is 659. The van der Waals surface area contributed by atoms with Crippen LogP contribution in [0.1, 0.15) is 26.2 Å². The molecule has 0 heterocycles. The number of nitrogens with one attached hydrogen (secondary N) is 2. The van der Waals surface area contributed by atoms with Crippen LogP contribution in [-0.2, 0) is 4.79 Å². The van der Waals surface area contributed by atoms with Gasteiger partial charge in [-0.1, -0.05) is 49.7 Å². The van der Waals surface area contributed by atoms with Crippen molar-refractivity contribution in [3.63, 3.8) is 0 Å². The van der Waals surface area contributed by atoms with Gasteiger partial charge in [-0.25, -0.2) is 4.79 Å². The highest BCUT2D eigenvalue weighted by Crippen LogP contribution is 2.15. The molecule has 0 bridgehead atoms. The van der Waals surface area contributed by atoms with Gasteiger partial charge in [0.2, 0.25) is 5.91 Å². The molecule has 3 amide bonds. The lowest BCUT2D eigenvalue weighted by atomic mass is 10.2. The van der Waals surface area contributed by atoms with E-state index >= 15 is 0 Å². The molecule has 0 saturated heterocycles. The lowest BCUT2D eigenvalue weighted by Gasteiger charge is -2.23. The van der Waals surface area contributed by atoms with Gasteiger partial charge in [0, 0.05) is 30.9 Å². The zero-order valence-electron chi connectivity index (χ0n) is 14.6. The van der Waals surface area contributed by atoms with Gasteiger partial charge in [0.05, 0.1) is 0 Å². The fraction of sp³-hybridized carbons (Fsp3) is 0.300. The number of nitrogens with zero attached hydrogens (tertiary/aromatic N) is 1. The number of benzene rings is 2. The molecule has 2 aromatic carbocycles. The number of unbranched alkanes of at least 4 members (excludes halogenated alkanes) is 1. The van der Waals surface area contributed by atoms with Crippen molar-refractivity contribution in [1.29, 1.82) is 0 Å². The van der Waals surface area contributed by atoms with E-state index in [2.05, 4.69) is 17.6 Å². The van der Waals surface area contributed by atoms with E-state index in [9.17, 15) is 9.59 Å². The fourth-order valence-electron chi connectivity index (χ4n) is 2.44. The summed E-state index contributed by atoms with van der Waals surface area (Å²) in [6, 6.07) is 18.6. The van der Waals surface area contributed by atoms with Crippen LogP contribution in [0.3, 0.4) is 0 Å². The molecule has 0 aliphatic heterocycles. The molecule has 2 aromatic rings. The number of amides is 3. The summed E-state index contributed by atoms with van der Waals surface area (Å²) in [6.07, 6.45) is 2.23. The normalized spacial score (nSPS) is 10.1. The molecule has 132 valence electrons. The molecule has 0 spiro atoms. The van der Waals surface area contributed by atoms with E-state index < -0.39 is 0 Å². The van der Waals surface area contributed by atoms with E-state index in [1.54, 1.807) is 4.90 Å². The lowest BCUT2D eigenvalue weighted by Crippen LogP contribution is -2.36. The average molecular weight is 339 g/mol. The lowest BCUT2D eigenvalue weighted by molar-refractivity contribution is -0.118. The van der Waals surface area contributed by atoms with Crippen LogP contribution in [0.5, 0.6) is 0 Å². The number of urea groups is 1. The summed E-state index contributed by atoms with van der Waals surface area (Å²) in [6.45, 7) is 3.09. The monoisotopic (exact) mass is 339 g/mol. The van der Waals surface area contributed by atoms with Crippen molar-refractivity contribution in [2.75, 3.05) is 23.3 Å². The Labute approximate surface area is 149 Å². The first kappa shape index (κ1) is 18.5. The van der Waals surface area contributed by atoms with Crippen molar-refractivity contribution in [3.8, 4) is 0 Å². The van der Waals surface area contributed by atoms with Crippen LogP contribution in [0.25, 0.3) is 0 Å². The van der Waals surface area contributed by atoms with Crippen LogP contribution in [0, 0.1) is 0 Å². The highest BCUT2D eigenvalue weighted by Gasteiger charge is 2.15. The maximum absolute atomic E-state index is 12.5. The number of carbonyl (C=O) groups is 2. The van der Waals surface area contributed by atoms with Crippen LogP contribution in [-0.4, -0.2) is 25.0 Å². The SMILES string of the molecule is CCCCN(C(=O)CCNC(=O)Nc1ccccc1)c1ccccc1. The Morgan fingerprint density at radius 2 is 1.60 bits per heavy atom. The molecule has 0 fully saturated rings. The Hall–Kier alpha value is -2.82. The first-order valence-corrected chi connectivity index (χ1v) is 8.66. The number of hydrogen-bond acceptors (Lipinski definition) is 2. The largest absolute Gasteiger partial charge is 0.337 e. The minimum Gasteiger partial charge on any atom is -0.337 e. The van der Waals surface area contributed by atoms with Gasteiger partial charge in [-0.15, -0.1) is 0 Å². The molecule has 0 aliphatic carbocycles. The van der Waals surface area contributed by atoms with Crippen molar-refractivity contribution >= 4 is 23.3 Å². The van der Waals surface area contributed by atoms with Crippen LogP contribution >= 0.6 is 0 Å². The third-order valence-electron chi connectivity index (χ3n) is 3.76. The minimum absolute atomic E-state index is 0.0136. The van der Waals surface area contributed by atoms with Crippen molar-refractivity contribution in [3.05, 3.63) is 60.7 Å². The van der Waals surface area contributed by atoms with Gasteiger partial charge in [-0.05, 0) is 30.7 Å². The minimum atomic E-state index is -0.307. The zero-order chi connectivity index (χ0) is 17.9. The number of rotatable bonds is 8. The summed E-state index contributed by atoms with van der Waals surface area (Å²) in [7, 11) is 0. The zero-order valence-corrected chi connectivity index (χ0v) is 14.6. The van der Waals surface area contributed by atoms with Crippen LogP contribution in [0.2, 0.25) is 0 Å². The molecular formula is C20H25N3O2. The van der Waals surface area contributed by atoms with Gasteiger partial charge in [0.25, 0.3) is 0 Å². The molecule has 2 rings (SSSR count). The first-order chi connectivity index (χ1) is 12.2. The van der Waals surface area contributed by atoms with E-state index in [1.807, 2.05) is 60.7 Å². The van der Waals surface area contributed by atoms with Crippen molar-refractivity contribution in [2.45, 2.75) is 26.2 Å². The van der Waals surface area contributed by atoms with Gasteiger partial charge in [-0.2, -0.15) is 0 Å². The quantitative estimate of drug-likeness (QED) is 0.763. The van der Waals surface area contributed by atoms with Gasteiger partial charge < -0.3 is 15.5 Å². The topological polar surface area (TPSA) is 61.4 Å². The molecular weight excluding hydrogens is 314 g/mol. The standard InChI is InChI=1S/C20H25N3O2/c1-2-3-16-23(18-12-8-5-9-13-18)19(24)14-15-21-20(25)22-17-10-6-4-7-11-17/h4-13H,2-3,14-16H2,1H3,(H2,21,22,25). The third kappa shape index (κ3) is 6.30. The Morgan fingerprint density at radius 3 is 2.24 bits per heavy atom. The summed E-state index contributed by atoms with van der Waals surface area (Å²) in [5.41, 5.74) is 1.62. The Balaban J connectivity index is 1.83.